The quantitative estimate of drug-likeness (QED) is 0.896. The van der Waals surface area contributed by atoms with Gasteiger partial charge < -0.3 is 15.7 Å². The number of hydrogen-bond donors (Lipinski definition) is 2. The maximum absolute atomic E-state index is 12.3. The number of likely N-dealkylation sites (tertiary alicyclic amines) is 1. The van der Waals surface area contributed by atoms with E-state index >= 15 is 0 Å². The lowest BCUT2D eigenvalue weighted by Crippen LogP contribution is -2.50. The van der Waals surface area contributed by atoms with Gasteiger partial charge in [-0.2, -0.15) is 0 Å². The van der Waals surface area contributed by atoms with Crippen LogP contribution in [0.2, 0.25) is 0 Å². The van der Waals surface area contributed by atoms with Crippen molar-refractivity contribution in [1.29, 1.82) is 0 Å². The molecule has 1 saturated heterocycles. The van der Waals surface area contributed by atoms with Gasteiger partial charge in [0.15, 0.2) is 0 Å². The van der Waals surface area contributed by atoms with Crippen LogP contribution in [0.1, 0.15) is 19.4 Å². The fourth-order valence-electron chi connectivity index (χ4n) is 3.24. The first kappa shape index (κ1) is 15.9. The molecule has 0 spiro atoms. The summed E-state index contributed by atoms with van der Waals surface area (Å²) in [5, 5.41) is 11.5. The maximum atomic E-state index is 12.3. The van der Waals surface area contributed by atoms with Gasteiger partial charge in [0.1, 0.15) is 0 Å². The maximum Gasteiger partial charge on any atom is 0.242 e. The monoisotopic (exact) mass is 313 g/mol. The van der Waals surface area contributed by atoms with Crippen molar-refractivity contribution in [3.05, 3.63) is 42.1 Å². The SMILES string of the molecule is CC(C)(N)C(=O)N1C[C@@H](Cc2ccnc3ccccc23)[C@@H](O)C1. The second kappa shape index (κ2) is 5.91. The Morgan fingerprint density at radius 2 is 2.09 bits per heavy atom. The van der Waals surface area contributed by atoms with E-state index in [2.05, 4.69) is 4.98 Å². The lowest BCUT2D eigenvalue weighted by Gasteiger charge is -2.25. The van der Waals surface area contributed by atoms with Crippen LogP contribution >= 0.6 is 0 Å². The second-order valence-corrected chi connectivity index (χ2v) is 6.95. The van der Waals surface area contributed by atoms with Crippen LogP contribution in [0.3, 0.4) is 0 Å². The van der Waals surface area contributed by atoms with Gasteiger partial charge in [-0.3, -0.25) is 9.78 Å². The summed E-state index contributed by atoms with van der Waals surface area (Å²) < 4.78 is 0. The number of para-hydroxylation sites is 1. The standard InChI is InChI=1S/C18H23N3O2/c1-18(2,19)17(23)21-10-13(16(22)11-21)9-12-7-8-20-15-6-4-3-5-14(12)15/h3-8,13,16,22H,9-11,19H2,1-2H3/t13-,16+/m1/s1. The lowest BCUT2D eigenvalue weighted by atomic mass is 9.94. The number of aliphatic hydroxyl groups excluding tert-OH is 1. The minimum Gasteiger partial charge on any atom is -0.391 e. The molecule has 5 nitrogen and oxygen atoms in total. The number of carbonyl (C=O) groups is 1. The minimum absolute atomic E-state index is 0.0205. The first-order valence-electron chi connectivity index (χ1n) is 7.95. The summed E-state index contributed by atoms with van der Waals surface area (Å²) in [4.78, 5) is 18.3. The van der Waals surface area contributed by atoms with Crippen LogP contribution in [-0.2, 0) is 11.2 Å². The Bertz CT molecular complexity index is 718. The third kappa shape index (κ3) is 3.21. The third-order valence-corrected chi connectivity index (χ3v) is 4.47. The van der Waals surface area contributed by atoms with Crippen LogP contribution in [0, 0.1) is 5.92 Å². The number of hydrogen-bond acceptors (Lipinski definition) is 4. The summed E-state index contributed by atoms with van der Waals surface area (Å²) in [5.41, 5.74) is 7.10. The highest BCUT2D eigenvalue weighted by Crippen LogP contribution is 2.26. The molecule has 2 aromatic rings. The van der Waals surface area contributed by atoms with E-state index in [1.54, 1.807) is 24.9 Å². The van der Waals surface area contributed by atoms with Crippen LogP contribution in [0.25, 0.3) is 10.9 Å². The van der Waals surface area contributed by atoms with Gasteiger partial charge in [-0.15, -0.1) is 0 Å². The van der Waals surface area contributed by atoms with Crippen LogP contribution in [0.15, 0.2) is 36.5 Å². The molecule has 1 aliphatic rings. The normalized spacial score (nSPS) is 21.8. The van der Waals surface area contributed by atoms with Gasteiger partial charge in [-0.1, -0.05) is 18.2 Å². The molecule has 5 heteroatoms. The molecule has 1 aliphatic heterocycles. The Balaban J connectivity index is 1.79. The molecule has 23 heavy (non-hydrogen) atoms. The molecule has 1 fully saturated rings. The second-order valence-electron chi connectivity index (χ2n) is 6.95. The molecule has 0 radical (unpaired) electrons. The first-order valence-corrected chi connectivity index (χ1v) is 7.95. The van der Waals surface area contributed by atoms with Crippen molar-refractivity contribution < 1.29 is 9.90 Å². The number of rotatable bonds is 3. The van der Waals surface area contributed by atoms with Crippen molar-refractivity contribution in [2.45, 2.75) is 31.9 Å². The topological polar surface area (TPSA) is 79.5 Å². The van der Waals surface area contributed by atoms with Gasteiger partial charge in [0, 0.05) is 30.6 Å². The molecule has 3 N–H and O–H groups in total. The Morgan fingerprint density at radius 1 is 1.35 bits per heavy atom. The summed E-state index contributed by atoms with van der Waals surface area (Å²) in [5.74, 6) is -0.0919. The van der Waals surface area contributed by atoms with Crippen LogP contribution in [0.5, 0.6) is 0 Å². The molecular formula is C18H23N3O2. The van der Waals surface area contributed by atoms with Gasteiger partial charge in [-0.25, -0.2) is 0 Å². The van der Waals surface area contributed by atoms with Gasteiger partial charge in [0.25, 0.3) is 0 Å². The number of aromatic nitrogens is 1. The van der Waals surface area contributed by atoms with E-state index in [-0.39, 0.29) is 11.8 Å². The summed E-state index contributed by atoms with van der Waals surface area (Å²) in [6.07, 6.45) is 2.00. The van der Waals surface area contributed by atoms with Crippen LogP contribution in [0.4, 0.5) is 0 Å². The van der Waals surface area contributed by atoms with Crippen molar-refractivity contribution in [3.63, 3.8) is 0 Å². The molecule has 2 atom stereocenters. The molecule has 0 aliphatic carbocycles. The number of aliphatic hydroxyl groups is 1. The molecule has 0 unspecified atom stereocenters. The summed E-state index contributed by atoms with van der Waals surface area (Å²) in [6.45, 7) is 4.29. The highest BCUT2D eigenvalue weighted by molar-refractivity contribution is 5.85. The lowest BCUT2D eigenvalue weighted by molar-refractivity contribution is -0.135. The zero-order chi connectivity index (χ0) is 16.6. The van der Waals surface area contributed by atoms with Gasteiger partial charge in [-0.05, 0) is 38.0 Å². The number of benzene rings is 1. The zero-order valence-corrected chi connectivity index (χ0v) is 13.6. The Hall–Kier alpha value is -1.98. The molecule has 0 saturated carbocycles. The number of carbonyl (C=O) groups excluding carboxylic acids is 1. The Labute approximate surface area is 136 Å². The van der Waals surface area contributed by atoms with Crippen LogP contribution < -0.4 is 5.73 Å². The fraction of sp³-hybridized carbons (Fsp3) is 0.444. The van der Waals surface area contributed by atoms with E-state index in [1.807, 2.05) is 30.3 Å². The first-order chi connectivity index (χ1) is 10.9. The number of β-amino-alcohol motifs (C(OH)–C–C–N with tert-alkyl or cyclic N) is 1. The van der Waals surface area contributed by atoms with Crippen molar-refractivity contribution in [3.8, 4) is 0 Å². The van der Waals surface area contributed by atoms with Gasteiger partial charge >= 0.3 is 0 Å². The predicted octanol–water partition coefficient (Wildman–Crippen LogP) is 1.33. The summed E-state index contributed by atoms with van der Waals surface area (Å²) in [6, 6.07) is 9.98. The Morgan fingerprint density at radius 3 is 2.83 bits per heavy atom. The van der Waals surface area contributed by atoms with Gasteiger partial charge in [0.2, 0.25) is 5.91 Å². The van der Waals surface area contributed by atoms with E-state index in [1.165, 1.54) is 0 Å². The smallest absolute Gasteiger partial charge is 0.242 e. The fourth-order valence-corrected chi connectivity index (χ4v) is 3.24. The largest absolute Gasteiger partial charge is 0.391 e. The zero-order valence-electron chi connectivity index (χ0n) is 13.6. The van der Waals surface area contributed by atoms with Crippen molar-refractivity contribution in [2.24, 2.45) is 11.7 Å². The number of fused-ring (bicyclic) bond motifs is 1. The average Bonchev–Trinajstić information content (AvgIpc) is 2.87. The van der Waals surface area contributed by atoms with Crippen LogP contribution in [-0.4, -0.2) is 45.6 Å². The number of amides is 1. The van der Waals surface area contributed by atoms with E-state index in [4.69, 9.17) is 5.73 Å². The molecule has 1 aromatic carbocycles. The molecule has 122 valence electrons. The van der Waals surface area contributed by atoms with E-state index in [0.717, 1.165) is 22.9 Å². The van der Waals surface area contributed by atoms with E-state index in [9.17, 15) is 9.90 Å². The summed E-state index contributed by atoms with van der Waals surface area (Å²) >= 11 is 0. The highest BCUT2D eigenvalue weighted by atomic mass is 16.3. The number of nitrogens with two attached hydrogens (primary N) is 1. The van der Waals surface area contributed by atoms with Crippen molar-refractivity contribution in [2.75, 3.05) is 13.1 Å². The molecule has 1 amide bonds. The molecule has 3 rings (SSSR count). The number of pyridine rings is 1. The van der Waals surface area contributed by atoms with Crippen molar-refractivity contribution in [1.82, 2.24) is 9.88 Å². The Kier molecular flexibility index (Phi) is 4.08. The van der Waals surface area contributed by atoms with Crippen molar-refractivity contribution >= 4 is 16.8 Å². The molecular weight excluding hydrogens is 290 g/mol. The number of nitrogens with zero attached hydrogens (tertiary/aromatic N) is 2. The highest BCUT2D eigenvalue weighted by Gasteiger charge is 2.38. The predicted molar refractivity (Wildman–Crippen MR) is 89.8 cm³/mol. The third-order valence-electron chi connectivity index (χ3n) is 4.47. The average molecular weight is 313 g/mol. The minimum atomic E-state index is -0.905. The summed E-state index contributed by atoms with van der Waals surface area (Å²) in [7, 11) is 0. The van der Waals surface area contributed by atoms with Gasteiger partial charge in [0.05, 0.1) is 17.2 Å². The molecule has 0 bridgehead atoms. The molecule has 1 aromatic heterocycles. The molecule has 2 heterocycles. The van der Waals surface area contributed by atoms with E-state index < -0.39 is 11.6 Å². The van der Waals surface area contributed by atoms with E-state index in [0.29, 0.717) is 13.1 Å².